The Balaban J connectivity index is 0.00000226. The number of fused-ring (bicyclic) bond motifs is 1. The monoisotopic (exact) mass is 610 g/mol. The van der Waals surface area contributed by atoms with Crippen LogP contribution in [0.4, 0.5) is 11.4 Å². The molecule has 6 N–H and O–H groups in total. The zero-order valence-corrected chi connectivity index (χ0v) is 25.7. The quantitative estimate of drug-likeness (QED) is 0.0866. The molecule has 0 radical (unpaired) electrons. The number of nitrogens with two attached hydrogens (primary N) is 2. The number of carbonyl (C=O) groups excluding carboxylic acids is 5. The molecule has 45 heavy (non-hydrogen) atoms. The van der Waals surface area contributed by atoms with Crippen LogP contribution in [0.25, 0.3) is 21.5 Å². The minimum absolute atomic E-state index is 0.180. The van der Waals surface area contributed by atoms with Crippen molar-refractivity contribution in [2.75, 3.05) is 44.2 Å². The Morgan fingerprint density at radius 3 is 2.13 bits per heavy atom. The van der Waals surface area contributed by atoms with Gasteiger partial charge >= 0.3 is 0 Å². The van der Waals surface area contributed by atoms with Gasteiger partial charge in [0, 0.05) is 63.9 Å². The summed E-state index contributed by atoms with van der Waals surface area (Å²) in [5.74, 6) is -1.79. The summed E-state index contributed by atoms with van der Waals surface area (Å²) in [4.78, 5) is 65.5. The van der Waals surface area contributed by atoms with E-state index in [2.05, 4.69) is 10.6 Å². The van der Waals surface area contributed by atoms with Gasteiger partial charge < -0.3 is 22.1 Å². The van der Waals surface area contributed by atoms with Gasteiger partial charge in [-0.25, -0.2) is 0 Å². The summed E-state index contributed by atoms with van der Waals surface area (Å²) in [6.45, 7) is 6.78. The Bertz CT molecular complexity index is 1760. The molecule has 234 valence electrons. The number of amides is 5. The maximum atomic E-state index is 13.2. The molecule has 0 bridgehead atoms. The van der Waals surface area contributed by atoms with Crippen molar-refractivity contribution in [1.82, 2.24) is 20.4 Å². The van der Waals surface area contributed by atoms with Crippen LogP contribution in [0, 0.1) is 6.92 Å². The van der Waals surface area contributed by atoms with Crippen molar-refractivity contribution in [3.8, 4) is 0 Å². The Morgan fingerprint density at radius 2 is 1.44 bits per heavy atom. The van der Waals surface area contributed by atoms with Crippen LogP contribution in [-0.4, -0.2) is 72.6 Å². The third-order valence-electron chi connectivity index (χ3n) is 7.61. The molecule has 0 aromatic heterocycles. The smallest absolute Gasteiger partial charge is 0.261 e. The van der Waals surface area contributed by atoms with Gasteiger partial charge in [0.1, 0.15) is 6.54 Å². The van der Waals surface area contributed by atoms with Crippen LogP contribution in [0.15, 0.2) is 60.7 Å². The van der Waals surface area contributed by atoms with E-state index < -0.39 is 18.4 Å². The first-order valence-corrected chi connectivity index (χ1v) is 14.9. The molecule has 0 aliphatic carbocycles. The standard InChI is InChI=1S/C32H32N6O5.C2H6/c1-19-9-11-25(33)20-5-2-7-22(28(19)20)30(41)37(18-39)17-27(40)36-14-4-13-35-15-16-38-31(42)23-8-3-6-21-26(34)12-10-24(29(21)23)32(38)43;1-2/h2-3,5-12,18,35H,4,13-17,33-34H2,1H3,(H,36,40);1-2H3. The molecule has 11 heteroatoms. The van der Waals surface area contributed by atoms with Gasteiger partial charge in [-0.2, -0.15) is 0 Å². The summed E-state index contributed by atoms with van der Waals surface area (Å²) in [7, 11) is 0. The topological polar surface area (TPSA) is 168 Å². The summed E-state index contributed by atoms with van der Waals surface area (Å²) < 4.78 is 0. The van der Waals surface area contributed by atoms with E-state index >= 15 is 0 Å². The minimum atomic E-state index is -0.588. The molecule has 11 nitrogen and oxygen atoms in total. The molecule has 1 aliphatic rings. The van der Waals surface area contributed by atoms with Gasteiger partial charge in [0.05, 0.1) is 0 Å². The maximum Gasteiger partial charge on any atom is 0.261 e. The van der Waals surface area contributed by atoms with Crippen molar-refractivity contribution in [2.45, 2.75) is 27.2 Å². The van der Waals surface area contributed by atoms with E-state index in [1.807, 2.05) is 20.8 Å². The molecule has 5 amide bonds. The van der Waals surface area contributed by atoms with E-state index in [9.17, 15) is 24.0 Å². The molecular weight excluding hydrogens is 572 g/mol. The molecule has 0 saturated carbocycles. The predicted molar refractivity (Wildman–Crippen MR) is 176 cm³/mol. The van der Waals surface area contributed by atoms with E-state index in [-0.39, 0.29) is 18.4 Å². The predicted octanol–water partition coefficient (Wildman–Crippen LogP) is 3.48. The first-order chi connectivity index (χ1) is 21.7. The normalized spacial score (nSPS) is 12.1. The van der Waals surface area contributed by atoms with Crippen molar-refractivity contribution in [3.63, 3.8) is 0 Å². The second-order valence-corrected chi connectivity index (χ2v) is 10.4. The van der Waals surface area contributed by atoms with Crippen LogP contribution in [0.2, 0.25) is 0 Å². The fourth-order valence-corrected chi connectivity index (χ4v) is 5.43. The molecule has 1 aliphatic heterocycles. The molecule has 0 saturated heterocycles. The first kappa shape index (κ1) is 32.6. The fraction of sp³-hybridized carbons (Fsp3) is 0.265. The highest BCUT2D eigenvalue weighted by Gasteiger charge is 2.32. The number of imide groups is 2. The van der Waals surface area contributed by atoms with Gasteiger partial charge in [0.2, 0.25) is 12.3 Å². The molecule has 5 rings (SSSR count). The van der Waals surface area contributed by atoms with E-state index in [1.54, 1.807) is 60.7 Å². The number of nitrogens with one attached hydrogen (secondary N) is 2. The molecule has 0 fully saturated rings. The zero-order chi connectivity index (χ0) is 32.7. The number of anilines is 2. The minimum Gasteiger partial charge on any atom is -0.398 e. The van der Waals surface area contributed by atoms with E-state index in [0.717, 1.165) is 10.5 Å². The van der Waals surface area contributed by atoms with Crippen LogP contribution in [0.3, 0.4) is 0 Å². The van der Waals surface area contributed by atoms with Crippen LogP contribution in [0.1, 0.15) is 56.9 Å². The average Bonchev–Trinajstić information content (AvgIpc) is 3.06. The van der Waals surface area contributed by atoms with Crippen molar-refractivity contribution < 1.29 is 24.0 Å². The van der Waals surface area contributed by atoms with Crippen molar-refractivity contribution >= 4 is 63.0 Å². The Kier molecular flexibility index (Phi) is 10.5. The number of rotatable bonds is 11. The van der Waals surface area contributed by atoms with E-state index in [0.29, 0.717) is 82.1 Å². The summed E-state index contributed by atoms with van der Waals surface area (Å²) >= 11 is 0. The van der Waals surface area contributed by atoms with Gasteiger partial charge in [-0.15, -0.1) is 0 Å². The zero-order valence-electron chi connectivity index (χ0n) is 25.7. The number of nitrogen functional groups attached to an aromatic ring is 2. The number of carbonyl (C=O) groups is 5. The molecule has 4 aromatic carbocycles. The highest BCUT2D eigenvalue weighted by Crippen LogP contribution is 2.33. The van der Waals surface area contributed by atoms with E-state index in [1.165, 1.54) is 4.90 Å². The van der Waals surface area contributed by atoms with Gasteiger partial charge in [0.15, 0.2) is 0 Å². The molecule has 0 unspecified atom stereocenters. The van der Waals surface area contributed by atoms with Crippen molar-refractivity contribution in [2.24, 2.45) is 0 Å². The lowest BCUT2D eigenvalue weighted by molar-refractivity contribution is -0.126. The van der Waals surface area contributed by atoms with Gasteiger partial charge in [-0.1, -0.05) is 44.2 Å². The summed E-state index contributed by atoms with van der Waals surface area (Å²) in [6.07, 6.45) is 0.896. The van der Waals surface area contributed by atoms with Gasteiger partial charge in [0.25, 0.3) is 17.7 Å². The summed E-state index contributed by atoms with van der Waals surface area (Å²) in [5, 5.41) is 8.51. The molecule has 0 spiro atoms. The van der Waals surface area contributed by atoms with Gasteiger partial charge in [-0.05, 0) is 61.2 Å². The Labute approximate surface area is 261 Å². The lowest BCUT2D eigenvalue weighted by Gasteiger charge is -2.27. The largest absolute Gasteiger partial charge is 0.398 e. The third-order valence-corrected chi connectivity index (χ3v) is 7.61. The lowest BCUT2D eigenvalue weighted by atomic mass is 9.93. The number of nitrogens with zero attached hydrogens (tertiary/aromatic N) is 2. The molecule has 1 heterocycles. The highest BCUT2D eigenvalue weighted by atomic mass is 16.2. The second kappa shape index (κ2) is 14.5. The molecular formula is C34H38N6O5. The number of benzene rings is 4. The average molecular weight is 611 g/mol. The van der Waals surface area contributed by atoms with Crippen molar-refractivity contribution in [3.05, 3.63) is 82.9 Å². The van der Waals surface area contributed by atoms with Crippen LogP contribution in [-0.2, 0) is 9.59 Å². The van der Waals surface area contributed by atoms with Crippen LogP contribution >= 0.6 is 0 Å². The number of aryl methyl sites for hydroxylation is 1. The Hall–Kier alpha value is -5.29. The van der Waals surface area contributed by atoms with Crippen molar-refractivity contribution in [1.29, 1.82) is 0 Å². The lowest BCUT2D eigenvalue weighted by Crippen LogP contribution is -2.44. The van der Waals surface area contributed by atoms with Crippen LogP contribution in [0.5, 0.6) is 0 Å². The highest BCUT2D eigenvalue weighted by molar-refractivity contribution is 6.26. The summed E-state index contributed by atoms with van der Waals surface area (Å²) in [5.41, 5.74) is 15.2. The summed E-state index contributed by atoms with van der Waals surface area (Å²) in [6, 6.07) is 17.2. The number of hydrogen-bond acceptors (Lipinski definition) is 8. The number of hydrogen-bond donors (Lipinski definition) is 4. The maximum absolute atomic E-state index is 13.2. The SMILES string of the molecule is CC.Cc1ccc(N)c2cccc(C(=O)N(C=O)CC(=O)NCCCNCCN3C(=O)c4cccc5c(N)ccc(c45)C3=O)c12. The first-order valence-electron chi connectivity index (χ1n) is 14.9. The second-order valence-electron chi connectivity index (χ2n) is 10.4. The molecule has 0 atom stereocenters. The van der Waals surface area contributed by atoms with Gasteiger partial charge in [-0.3, -0.25) is 33.8 Å². The Morgan fingerprint density at radius 1 is 0.822 bits per heavy atom. The van der Waals surface area contributed by atoms with E-state index in [4.69, 9.17) is 11.5 Å². The molecule has 4 aromatic rings. The fourth-order valence-electron chi connectivity index (χ4n) is 5.43. The van der Waals surface area contributed by atoms with Crippen LogP contribution < -0.4 is 22.1 Å². The third kappa shape index (κ3) is 6.63.